The number of pyridine rings is 1. The van der Waals surface area contributed by atoms with Crippen molar-refractivity contribution < 1.29 is 9.53 Å². The summed E-state index contributed by atoms with van der Waals surface area (Å²) >= 11 is 0. The molecular formula is C20H19NO2. The van der Waals surface area contributed by atoms with Crippen molar-refractivity contribution >= 4 is 5.78 Å². The molecule has 2 aliphatic carbocycles. The number of allylic oxidation sites excluding steroid dienone is 2. The number of fused-ring (bicyclic) bond motifs is 2. The molecule has 23 heavy (non-hydrogen) atoms. The van der Waals surface area contributed by atoms with E-state index in [0.29, 0.717) is 17.5 Å². The van der Waals surface area contributed by atoms with E-state index in [4.69, 9.17) is 4.74 Å². The first-order valence-electron chi connectivity index (χ1n) is 8.05. The highest BCUT2D eigenvalue weighted by atomic mass is 16.5. The molecule has 0 N–H and O–H groups in total. The van der Waals surface area contributed by atoms with Crippen LogP contribution in [0.3, 0.4) is 0 Å². The van der Waals surface area contributed by atoms with Crippen molar-refractivity contribution in [3.05, 3.63) is 72.1 Å². The highest BCUT2D eigenvalue weighted by Gasteiger charge is 2.48. The number of hydrogen-bond donors (Lipinski definition) is 0. The zero-order valence-corrected chi connectivity index (χ0v) is 13.1. The summed E-state index contributed by atoms with van der Waals surface area (Å²) in [5, 5.41) is 0. The van der Waals surface area contributed by atoms with Crippen LogP contribution in [0.5, 0.6) is 5.75 Å². The van der Waals surface area contributed by atoms with Gasteiger partial charge in [0.15, 0.2) is 5.78 Å². The Morgan fingerprint density at radius 2 is 1.87 bits per heavy atom. The Labute approximate surface area is 136 Å². The normalized spacial score (nSPS) is 28.0. The molecular weight excluding hydrogens is 286 g/mol. The number of methoxy groups -OCH3 is 1. The third-order valence-electron chi connectivity index (χ3n) is 5.18. The van der Waals surface area contributed by atoms with Crippen molar-refractivity contribution in [3.8, 4) is 5.75 Å². The zero-order chi connectivity index (χ0) is 15.8. The van der Waals surface area contributed by atoms with E-state index in [9.17, 15) is 4.79 Å². The average molecular weight is 305 g/mol. The second-order valence-corrected chi connectivity index (χ2v) is 6.35. The molecule has 2 bridgehead atoms. The quantitative estimate of drug-likeness (QED) is 0.635. The van der Waals surface area contributed by atoms with Gasteiger partial charge >= 0.3 is 0 Å². The molecule has 0 aliphatic heterocycles. The maximum atomic E-state index is 13.0. The predicted octanol–water partition coefficient (Wildman–Crippen LogP) is 3.88. The molecule has 0 saturated heterocycles. The van der Waals surface area contributed by atoms with E-state index in [2.05, 4.69) is 29.3 Å². The van der Waals surface area contributed by atoms with Crippen molar-refractivity contribution in [1.29, 1.82) is 0 Å². The minimum Gasteiger partial charge on any atom is -0.497 e. The van der Waals surface area contributed by atoms with Crippen LogP contribution < -0.4 is 4.74 Å². The monoisotopic (exact) mass is 305 g/mol. The predicted molar refractivity (Wildman–Crippen MR) is 88.5 cm³/mol. The number of rotatable bonds is 4. The molecule has 2 aliphatic rings. The Bertz CT molecular complexity index is 736. The Kier molecular flexibility index (Phi) is 3.49. The largest absolute Gasteiger partial charge is 0.497 e. The number of carbonyl (C=O) groups excluding carboxylic acids is 1. The minimum atomic E-state index is -0.00621. The lowest BCUT2D eigenvalue weighted by Gasteiger charge is -2.27. The number of benzene rings is 1. The SMILES string of the molecule is COc1ccc(C2C3C=CC(C3)C2C(=O)c2ccccn2)cc1. The number of carbonyl (C=O) groups is 1. The van der Waals surface area contributed by atoms with Gasteiger partial charge in [-0.05, 0) is 48.1 Å². The molecule has 116 valence electrons. The Hall–Kier alpha value is -2.42. The second kappa shape index (κ2) is 5.65. The van der Waals surface area contributed by atoms with Crippen molar-refractivity contribution in [3.63, 3.8) is 0 Å². The first-order valence-corrected chi connectivity index (χ1v) is 8.05. The number of Topliss-reactive ketones (excluding diaryl/α,β-unsaturated/α-hetero) is 1. The Morgan fingerprint density at radius 1 is 1.09 bits per heavy atom. The van der Waals surface area contributed by atoms with Gasteiger partial charge < -0.3 is 4.74 Å². The van der Waals surface area contributed by atoms with E-state index < -0.39 is 0 Å². The van der Waals surface area contributed by atoms with Crippen LogP contribution in [0, 0.1) is 17.8 Å². The first-order chi connectivity index (χ1) is 11.3. The summed E-state index contributed by atoms with van der Waals surface area (Å²) in [6.45, 7) is 0. The molecule has 0 amide bonds. The fraction of sp³-hybridized carbons (Fsp3) is 0.300. The molecule has 3 heteroatoms. The van der Waals surface area contributed by atoms with Crippen LogP contribution in [0.1, 0.15) is 28.4 Å². The Balaban J connectivity index is 1.69. The topological polar surface area (TPSA) is 39.2 Å². The summed E-state index contributed by atoms with van der Waals surface area (Å²) in [7, 11) is 1.67. The number of hydrogen-bond acceptors (Lipinski definition) is 3. The average Bonchev–Trinajstić information content (AvgIpc) is 3.23. The molecule has 1 heterocycles. The fourth-order valence-electron chi connectivity index (χ4n) is 4.14. The summed E-state index contributed by atoms with van der Waals surface area (Å²) in [6, 6.07) is 13.7. The number of ketones is 1. The zero-order valence-electron chi connectivity index (χ0n) is 13.1. The van der Waals surface area contributed by atoms with Crippen LogP contribution >= 0.6 is 0 Å². The first kappa shape index (κ1) is 14.2. The van der Waals surface area contributed by atoms with Gasteiger partial charge in [-0.15, -0.1) is 0 Å². The lowest BCUT2D eigenvalue weighted by Crippen LogP contribution is -2.27. The van der Waals surface area contributed by atoms with Gasteiger partial charge in [0.05, 0.1) is 7.11 Å². The molecule has 1 saturated carbocycles. The Morgan fingerprint density at radius 3 is 2.57 bits per heavy atom. The van der Waals surface area contributed by atoms with E-state index in [-0.39, 0.29) is 17.6 Å². The maximum Gasteiger partial charge on any atom is 0.185 e. The number of ether oxygens (including phenoxy) is 1. The van der Waals surface area contributed by atoms with Crippen molar-refractivity contribution in [1.82, 2.24) is 4.98 Å². The van der Waals surface area contributed by atoms with Gasteiger partial charge in [-0.1, -0.05) is 30.4 Å². The van der Waals surface area contributed by atoms with Crippen LogP contribution in [0.15, 0.2) is 60.8 Å². The van der Waals surface area contributed by atoms with Gasteiger partial charge in [0.2, 0.25) is 0 Å². The van der Waals surface area contributed by atoms with Crippen molar-refractivity contribution in [2.24, 2.45) is 17.8 Å². The number of aromatic nitrogens is 1. The summed E-state index contributed by atoms with van der Waals surface area (Å²) in [6.07, 6.45) is 7.26. The van der Waals surface area contributed by atoms with Gasteiger partial charge in [-0.25, -0.2) is 0 Å². The molecule has 4 rings (SSSR count). The lowest BCUT2D eigenvalue weighted by molar-refractivity contribution is 0.0881. The fourth-order valence-corrected chi connectivity index (χ4v) is 4.14. The van der Waals surface area contributed by atoms with Gasteiger partial charge in [-0.2, -0.15) is 0 Å². The molecule has 1 fully saturated rings. The summed E-state index contributed by atoms with van der Waals surface area (Å²) < 4.78 is 5.25. The second-order valence-electron chi connectivity index (χ2n) is 6.35. The highest BCUT2D eigenvalue weighted by Crippen LogP contribution is 2.53. The van der Waals surface area contributed by atoms with E-state index in [1.807, 2.05) is 30.3 Å². The van der Waals surface area contributed by atoms with E-state index >= 15 is 0 Å². The highest BCUT2D eigenvalue weighted by molar-refractivity contribution is 5.97. The van der Waals surface area contributed by atoms with Crippen LogP contribution in [0.25, 0.3) is 0 Å². The van der Waals surface area contributed by atoms with Gasteiger partial charge in [0, 0.05) is 18.0 Å². The smallest absolute Gasteiger partial charge is 0.185 e. The molecule has 3 nitrogen and oxygen atoms in total. The third kappa shape index (κ3) is 2.37. The van der Waals surface area contributed by atoms with Gasteiger partial charge in [0.1, 0.15) is 11.4 Å². The van der Waals surface area contributed by atoms with Crippen molar-refractivity contribution in [2.75, 3.05) is 7.11 Å². The summed E-state index contributed by atoms with van der Waals surface area (Å²) in [5.41, 5.74) is 1.80. The van der Waals surface area contributed by atoms with Gasteiger partial charge in [0.25, 0.3) is 0 Å². The van der Waals surface area contributed by atoms with E-state index in [0.717, 1.165) is 12.2 Å². The van der Waals surface area contributed by atoms with Crippen LogP contribution in [-0.2, 0) is 0 Å². The van der Waals surface area contributed by atoms with Crippen LogP contribution in [0.2, 0.25) is 0 Å². The third-order valence-corrected chi connectivity index (χ3v) is 5.18. The maximum absolute atomic E-state index is 13.0. The van der Waals surface area contributed by atoms with E-state index in [1.165, 1.54) is 5.56 Å². The molecule has 2 aromatic rings. The van der Waals surface area contributed by atoms with Crippen LogP contribution in [0.4, 0.5) is 0 Å². The standard InChI is InChI=1S/C20H19NO2/c1-23-16-9-7-13(8-10-16)18-14-5-6-15(12-14)19(18)20(22)17-4-2-3-11-21-17/h2-11,14-15,18-19H,12H2,1H3. The van der Waals surface area contributed by atoms with Gasteiger partial charge in [-0.3, -0.25) is 9.78 Å². The summed E-state index contributed by atoms with van der Waals surface area (Å²) in [4.78, 5) is 17.3. The minimum absolute atomic E-state index is 0.00621. The lowest BCUT2D eigenvalue weighted by atomic mass is 9.75. The molecule has 4 atom stereocenters. The number of nitrogens with zero attached hydrogens (tertiary/aromatic N) is 1. The van der Waals surface area contributed by atoms with Crippen LogP contribution in [-0.4, -0.2) is 17.9 Å². The molecule has 0 radical (unpaired) electrons. The summed E-state index contributed by atoms with van der Waals surface area (Å²) in [5.74, 6) is 2.04. The molecule has 4 unspecified atom stereocenters. The van der Waals surface area contributed by atoms with E-state index in [1.54, 1.807) is 13.3 Å². The van der Waals surface area contributed by atoms with Crippen molar-refractivity contribution in [2.45, 2.75) is 12.3 Å². The molecule has 1 aromatic carbocycles. The molecule has 1 aromatic heterocycles. The molecule has 0 spiro atoms.